The van der Waals surface area contributed by atoms with Crippen LogP contribution in [0.1, 0.15) is 76.2 Å². The molecule has 12 nitrogen and oxygen atoms in total. The largest absolute Gasteiger partial charge is 0.477 e. The van der Waals surface area contributed by atoms with Gasteiger partial charge in [0.25, 0.3) is 11.8 Å². The van der Waals surface area contributed by atoms with Crippen molar-refractivity contribution >= 4 is 35.4 Å². The molecule has 41 heavy (non-hydrogen) atoms. The van der Waals surface area contributed by atoms with Crippen molar-refractivity contribution in [1.29, 1.82) is 0 Å². The van der Waals surface area contributed by atoms with E-state index in [9.17, 15) is 33.1 Å². The monoisotopic (exact) mass is 579 g/mol. The van der Waals surface area contributed by atoms with Crippen molar-refractivity contribution < 1.29 is 37.6 Å². The van der Waals surface area contributed by atoms with Crippen LogP contribution in [0, 0.1) is 5.92 Å². The number of likely N-dealkylation sites (tertiary alicyclic amines) is 1. The number of H-pyrrole nitrogens is 1. The summed E-state index contributed by atoms with van der Waals surface area (Å²) in [5.74, 6) is -4.76. The van der Waals surface area contributed by atoms with Gasteiger partial charge in [-0.15, -0.1) is 0 Å². The normalized spacial score (nSPS) is 17.3. The number of aromatic hydroxyl groups is 1. The van der Waals surface area contributed by atoms with Crippen molar-refractivity contribution in [3.05, 3.63) is 27.6 Å². The van der Waals surface area contributed by atoms with Gasteiger partial charge in [-0.3, -0.25) is 14.9 Å². The zero-order valence-corrected chi connectivity index (χ0v) is 23.8. The number of aromatic amines is 1. The zero-order chi connectivity index (χ0) is 30.3. The third-order valence-electron chi connectivity index (χ3n) is 6.61. The van der Waals surface area contributed by atoms with E-state index in [0.717, 1.165) is 23.4 Å². The molecule has 2 aliphatic rings. The van der Waals surface area contributed by atoms with Gasteiger partial charge in [-0.05, 0) is 45.6 Å². The van der Waals surface area contributed by atoms with Crippen molar-refractivity contribution in [2.45, 2.75) is 84.4 Å². The molecule has 3 amide bonds. The Hall–Kier alpha value is -3.97. The number of halogens is 2. The van der Waals surface area contributed by atoms with Crippen LogP contribution < -0.4 is 20.8 Å². The number of hydrogen-bond acceptors (Lipinski definition) is 6. The molecule has 4 N–H and O–H groups in total. The van der Waals surface area contributed by atoms with Gasteiger partial charge in [-0.1, -0.05) is 18.4 Å². The Balaban J connectivity index is 1.84. The van der Waals surface area contributed by atoms with Crippen LogP contribution >= 0.6 is 0 Å². The van der Waals surface area contributed by atoms with Gasteiger partial charge in [-0.2, -0.15) is 4.57 Å². The van der Waals surface area contributed by atoms with Gasteiger partial charge >= 0.3 is 23.2 Å². The van der Waals surface area contributed by atoms with E-state index in [1.54, 1.807) is 20.8 Å². The third kappa shape index (κ3) is 7.03. The lowest BCUT2D eigenvalue weighted by molar-refractivity contribution is -0.686. The van der Waals surface area contributed by atoms with E-state index >= 15 is 0 Å². The summed E-state index contributed by atoms with van der Waals surface area (Å²) in [6.45, 7) is 8.67. The quantitative estimate of drug-likeness (QED) is 0.293. The minimum Gasteiger partial charge on any atom is -0.477 e. The van der Waals surface area contributed by atoms with Gasteiger partial charge in [0.05, 0.1) is 6.54 Å². The number of alkyl halides is 2. The molecule has 3 heterocycles. The summed E-state index contributed by atoms with van der Waals surface area (Å²) in [6, 6.07) is -0.0761. The number of ether oxygens (including phenoxy) is 1. The molecule has 2 fully saturated rings. The second kappa shape index (κ2) is 11.1. The lowest BCUT2D eigenvalue weighted by Gasteiger charge is -2.30. The standard InChI is InChI=1S/C27H36F2N6O6/c1-15(2)14-34-22-17(8-9-18(36)33-12-10-27(28,29)11-13-33)20(31-25(40)41-26(3,4)5)32-35(22)24(39)19(23(34)38)21(37)30-16-6-7-16/h8-9,15-16H,6-7,10-14H2,1-5H3,(H3,30,31,32,37,38,39,40)/p+1/b9-8+. The second-order valence-corrected chi connectivity index (χ2v) is 12.0. The van der Waals surface area contributed by atoms with Crippen LogP contribution in [0.5, 0.6) is 5.88 Å². The number of aromatic nitrogens is 3. The number of nitrogens with zero attached hydrogens (tertiary/aromatic N) is 3. The topological polar surface area (TPSA) is 149 Å². The van der Waals surface area contributed by atoms with Gasteiger partial charge in [0, 0.05) is 38.0 Å². The third-order valence-corrected chi connectivity index (χ3v) is 6.61. The molecule has 0 aromatic carbocycles. The smallest absolute Gasteiger partial charge is 0.413 e. The van der Waals surface area contributed by atoms with Crippen LogP contribution in [0.3, 0.4) is 0 Å². The maximum atomic E-state index is 13.6. The predicted molar refractivity (Wildman–Crippen MR) is 145 cm³/mol. The average molecular weight is 580 g/mol. The molecule has 2 aromatic rings. The fourth-order valence-electron chi connectivity index (χ4n) is 4.51. The van der Waals surface area contributed by atoms with Crippen LogP contribution in [0.4, 0.5) is 19.4 Å². The summed E-state index contributed by atoms with van der Waals surface area (Å²) < 4.78 is 34.9. The average Bonchev–Trinajstić information content (AvgIpc) is 3.58. The first-order valence-electron chi connectivity index (χ1n) is 13.7. The van der Waals surface area contributed by atoms with E-state index in [0.29, 0.717) is 0 Å². The zero-order valence-electron chi connectivity index (χ0n) is 23.8. The molecule has 14 heteroatoms. The highest BCUT2D eigenvalue weighted by molar-refractivity contribution is 5.97. The summed E-state index contributed by atoms with van der Waals surface area (Å²) >= 11 is 0. The van der Waals surface area contributed by atoms with E-state index < -0.39 is 59.3 Å². The summed E-state index contributed by atoms with van der Waals surface area (Å²) in [7, 11) is 0. The lowest BCUT2D eigenvalue weighted by atomic mass is 10.1. The van der Waals surface area contributed by atoms with Crippen LogP contribution in [-0.4, -0.2) is 68.2 Å². The Morgan fingerprint density at radius 2 is 1.85 bits per heavy atom. The fourth-order valence-corrected chi connectivity index (χ4v) is 4.51. The van der Waals surface area contributed by atoms with Crippen LogP contribution in [-0.2, 0) is 16.1 Å². The minimum absolute atomic E-state index is 0.0396. The van der Waals surface area contributed by atoms with Gasteiger partial charge in [0.1, 0.15) is 11.2 Å². The van der Waals surface area contributed by atoms with Crippen LogP contribution in [0.15, 0.2) is 10.9 Å². The number of hydrogen-bond donors (Lipinski definition) is 4. The number of piperidine rings is 1. The molecule has 0 spiro atoms. The van der Waals surface area contributed by atoms with Gasteiger partial charge < -0.3 is 20.1 Å². The van der Waals surface area contributed by atoms with Gasteiger partial charge in [-0.25, -0.2) is 23.5 Å². The maximum Gasteiger partial charge on any atom is 0.413 e. The minimum atomic E-state index is -2.83. The number of carbonyl (C=O) groups excluding carboxylic acids is 3. The highest BCUT2D eigenvalue weighted by Gasteiger charge is 2.37. The number of fused-ring (bicyclic) bond motifs is 1. The number of amides is 3. The number of carbonyl (C=O) groups is 3. The highest BCUT2D eigenvalue weighted by Crippen LogP contribution is 2.28. The van der Waals surface area contributed by atoms with Crippen molar-refractivity contribution in [3.63, 3.8) is 0 Å². The molecule has 0 radical (unpaired) electrons. The maximum absolute atomic E-state index is 13.6. The lowest BCUT2D eigenvalue weighted by Crippen LogP contribution is -2.46. The Labute approximate surface area is 235 Å². The Morgan fingerprint density at radius 3 is 2.41 bits per heavy atom. The van der Waals surface area contributed by atoms with Crippen molar-refractivity contribution in [1.82, 2.24) is 19.8 Å². The second-order valence-electron chi connectivity index (χ2n) is 12.0. The SMILES string of the molecule is CC(C)C[n+]1c(O)c(C(=O)NC2CC2)c(=O)n2[nH]c(NC(=O)OC(C)(C)C)c(/C=C/C(=O)N3CCC(F)(F)CC3)c21. The molecular formula is C27H37F2N6O6+. The molecule has 1 aliphatic heterocycles. The number of rotatable bonds is 7. The Bertz CT molecular complexity index is 1440. The molecule has 0 atom stereocenters. The summed E-state index contributed by atoms with van der Waals surface area (Å²) in [4.78, 5) is 53.4. The first-order chi connectivity index (χ1) is 19.1. The molecule has 0 unspecified atom stereocenters. The predicted octanol–water partition coefficient (Wildman–Crippen LogP) is 2.79. The summed E-state index contributed by atoms with van der Waals surface area (Å²) in [6.07, 6.45) is 2.26. The first-order valence-corrected chi connectivity index (χ1v) is 13.7. The molecule has 1 saturated carbocycles. The van der Waals surface area contributed by atoms with E-state index in [1.165, 1.54) is 15.5 Å². The van der Waals surface area contributed by atoms with Crippen molar-refractivity contribution in [3.8, 4) is 5.88 Å². The highest BCUT2D eigenvalue weighted by atomic mass is 19.3. The first kappa shape index (κ1) is 30.0. The van der Waals surface area contributed by atoms with Crippen molar-refractivity contribution in [2.75, 3.05) is 18.4 Å². The van der Waals surface area contributed by atoms with E-state index in [2.05, 4.69) is 15.7 Å². The molecular weight excluding hydrogens is 542 g/mol. The van der Waals surface area contributed by atoms with Crippen molar-refractivity contribution in [2.24, 2.45) is 5.92 Å². The van der Waals surface area contributed by atoms with Gasteiger partial charge in [0.2, 0.25) is 11.5 Å². The van der Waals surface area contributed by atoms with Crippen LogP contribution in [0.25, 0.3) is 11.7 Å². The van der Waals surface area contributed by atoms with E-state index in [4.69, 9.17) is 4.74 Å². The Morgan fingerprint density at radius 1 is 1.22 bits per heavy atom. The Kier molecular flexibility index (Phi) is 8.14. The summed E-state index contributed by atoms with van der Waals surface area (Å²) in [5.41, 5.74) is -1.98. The number of nitrogens with one attached hydrogen (secondary N) is 3. The number of anilines is 1. The fraction of sp³-hybridized carbons (Fsp3) is 0.593. The molecule has 0 bridgehead atoms. The summed E-state index contributed by atoms with van der Waals surface area (Å²) in [5, 5.41) is 19.2. The molecule has 4 rings (SSSR count). The molecule has 2 aromatic heterocycles. The van der Waals surface area contributed by atoms with E-state index in [-0.39, 0.29) is 48.6 Å². The molecule has 224 valence electrons. The van der Waals surface area contributed by atoms with Crippen LogP contribution in [0.2, 0.25) is 0 Å². The van der Waals surface area contributed by atoms with Gasteiger partial charge in [0.15, 0.2) is 5.82 Å². The molecule has 1 aliphatic carbocycles. The van der Waals surface area contributed by atoms with E-state index in [1.807, 2.05) is 13.8 Å². The molecule has 1 saturated heterocycles.